The number of halogens is 2. The summed E-state index contributed by atoms with van der Waals surface area (Å²) in [7, 11) is 5.50. The third kappa shape index (κ3) is 7.93. The highest BCUT2D eigenvalue weighted by molar-refractivity contribution is 6.38. The van der Waals surface area contributed by atoms with E-state index < -0.39 is 11.9 Å². The normalized spacial score (nSPS) is 10.7. The van der Waals surface area contributed by atoms with Crippen molar-refractivity contribution in [2.24, 2.45) is 0 Å². The van der Waals surface area contributed by atoms with Crippen LogP contribution in [0.25, 0.3) is 10.9 Å². The molecule has 0 aliphatic heterocycles. The van der Waals surface area contributed by atoms with Gasteiger partial charge in [0.25, 0.3) is 5.91 Å². The molecular formula is C35H33Cl2N7O4. The predicted molar refractivity (Wildman–Crippen MR) is 191 cm³/mol. The van der Waals surface area contributed by atoms with E-state index >= 15 is 0 Å². The lowest BCUT2D eigenvalue weighted by atomic mass is 10.1. The lowest BCUT2D eigenvalue weighted by Gasteiger charge is -2.22. The minimum Gasteiger partial charge on any atom is -0.487 e. The molecule has 2 heterocycles. The lowest BCUT2D eigenvalue weighted by molar-refractivity contribution is -0.117. The number of nitrogens with zero attached hydrogens (tertiary/aromatic N) is 4. The molecule has 0 aliphatic rings. The number of amides is 4. The molecule has 2 aromatic heterocycles. The first-order valence-corrected chi connectivity index (χ1v) is 15.6. The van der Waals surface area contributed by atoms with E-state index in [1.54, 1.807) is 55.6 Å². The zero-order chi connectivity index (χ0) is 34.4. The summed E-state index contributed by atoms with van der Waals surface area (Å²) < 4.78 is 6.20. The first-order chi connectivity index (χ1) is 23.0. The van der Waals surface area contributed by atoms with E-state index in [0.29, 0.717) is 44.5 Å². The van der Waals surface area contributed by atoms with E-state index in [0.717, 1.165) is 16.8 Å². The van der Waals surface area contributed by atoms with Crippen molar-refractivity contribution in [1.29, 1.82) is 0 Å². The second-order valence-electron chi connectivity index (χ2n) is 11.0. The number of fused-ring (bicyclic) bond motifs is 1. The molecule has 4 amide bonds. The Morgan fingerprint density at radius 2 is 1.56 bits per heavy atom. The molecule has 0 fully saturated rings. The largest absolute Gasteiger partial charge is 0.487 e. The standard InChI is InChI=1S/C35H33Cl2N7O4/c1-21-17-29(43(2)3)25-9-6-10-30(33(25)40-21)48-20-26-27(36)11-12-28(32(26)37)44(4)31(45)19-39-35(47)42-24-8-5-7-23(18-24)41-34(46)22-13-15-38-16-14-22/h5-18H,19-20H2,1-4H3,(H,41,46)(H2,39,42,47). The van der Waals surface area contributed by atoms with E-state index in [2.05, 4.69) is 20.9 Å². The van der Waals surface area contributed by atoms with Crippen LogP contribution in [-0.4, -0.2) is 55.5 Å². The average Bonchev–Trinajstić information content (AvgIpc) is 3.07. The Morgan fingerprint density at radius 3 is 2.29 bits per heavy atom. The third-order valence-corrected chi connectivity index (χ3v) is 8.16. The molecular weight excluding hydrogens is 653 g/mol. The number of rotatable bonds is 10. The summed E-state index contributed by atoms with van der Waals surface area (Å²) in [6.45, 7) is 1.64. The van der Waals surface area contributed by atoms with Crippen LogP contribution in [0.4, 0.5) is 27.5 Å². The molecule has 0 saturated carbocycles. The molecule has 0 spiro atoms. The first-order valence-electron chi connectivity index (χ1n) is 14.8. The number of carbonyl (C=O) groups excluding carboxylic acids is 3. The highest BCUT2D eigenvalue weighted by atomic mass is 35.5. The summed E-state index contributed by atoms with van der Waals surface area (Å²) >= 11 is 13.3. The Bertz CT molecular complexity index is 1990. The van der Waals surface area contributed by atoms with Gasteiger partial charge in [-0.25, -0.2) is 9.78 Å². The fourth-order valence-corrected chi connectivity index (χ4v) is 5.51. The highest BCUT2D eigenvalue weighted by Gasteiger charge is 2.20. The maximum absolute atomic E-state index is 13.1. The lowest BCUT2D eigenvalue weighted by Crippen LogP contribution is -2.40. The molecule has 0 atom stereocenters. The van der Waals surface area contributed by atoms with Crippen molar-refractivity contribution in [1.82, 2.24) is 15.3 Å². The molecule has 0 unspecified atom stereocenters. The Kier molecular flexibility index (Phi) is 10.6. The first kappa shape index (κ1) is 34.0. The summed E-state index contributed by atoms with van der Waals surface area (Å²) in [5.41, 5.74) is 4.81. The Labute approximate surface area is 287 Å². The van der Waals surface area contributed by atoms with E-state index in [9.17, 15) is 14.4 Å². The summed E-state index contributed by atoms with van der Waals surface area (Å²) in [4.78, 5) is 50.2. The average molecular weight is 687 g/mol. The number of carbonyl (C=O) groups is 3. The zero-order valence-corrected chi connectivity index (χ0v) is 28.2. The fraction of sp³-hybridized carbons (Fsp3) is 0.171. The van der Waals surface area contributed by atoms with Gasteiger partial charge in [-0.3, -0.25) is 14.6 Å². The molecule has 3 aromatic carbocycles. The van der Waals surface area contributed by atoms with Crippen LogP contribution in [0.3, 0.4) is 0 Å². The van der Waals surface area contributed by atoms with Crippen molar-refractivity contribution >= 4 is 74.7 Å². The number of ether oxygens (including phenoxy) is 1. The van der Waals surface area contributed by atoms with Gasteiger partial charge in [0.05, 0.1) is 17.3 Å². The van der Waals surface area contributed by atoms with E-state index in [-0.39, 0.29) is 24.1 Å². The molecule has 13 heteroatoms. The molecule has 48 heavy (non-hydrogen) atoms. The quantitative estimate of drug-likeness (QED) is 0.145. The predicted octanol–water partition coefficient (Wildman–Crippen LogP) is 6.93. The van der Waals surface area contributed by atoms with Gasteiger partial charge in [0, 0.05) is 77.8 Å². The van der Waals surface area contributed by atoms with Crippen molar-refractivity contribution in [3.05, 3.63) is 112 Å². The number of urea groups is 1. The van der Waals surface area contributed by atoms with Gasteiger partial charge in [-0.1, -0.05) is 41.4 Å². The highest BCUT2D eigenvalue weighted by Crippen LogP contribution is 2.36. The molecule has 3 N–H and O–H groups in total. The van der Waals surface area contributed by atoms with Crippen LogP contribution in [-0.2, 0) is 11.4 Å². The van der Waals surface area contributed by atoms with Gasteiger partial charge >= 0.3 is 6.03 Å². The van der Waals surface area contributed by atoms with Crippen LogP contribution in [0.2, 0.25) is 10.0 Å². The van der Waals surface area contributed by atoms with Gasteiger partial charge in [-0.05, 0) is 61.5 Å². The van der Waals surface area contributed by atoms with Gasteiger partial charge in [0.2, 0.25) is 5.91 Å². The van der Waals surface area contributed by atoms with Crippen LogP contribution in [0, 0.1) is 6.92 Å². The third-order valence-electron chi connectivity index (χ3n) is 7.38. The number of benzene rings is 3. The van der Waals surface area contributed by atoms with Crippen LogP contribution in [0.5, 0.6) is 5.75 Å². The van der Waals surface area contributed by atoms with Gasteiger partial charge in [-0.15, -0.1) is 0 Å². The number of aromatic nitrogens is 2. The number of aryl methyl sites for hydroxylation is 1. The van der Waals surface area contributed by atoms with Crippen molar-refractivity contribution in [3.63, 3.8) is 0 Å². The molecule has 0 radical (unpaired) electrons. The fourth-order valence-electron chi connectivity index (χ4n) is 4.91. The molecule has 246 valence electrons. The number of nitrogens with one attached hydrogen (secondary N) is 3. The van der Waals surface area contributed by atoms with E-state index in [4.69, 9.17) is 32.9 Å². The van der Waals surface area contributed by atoms with Crippen molar-refractivity contribution in [3.8, 4) is 5.75 Å². The summed E-state index contributed by atoms with van der Waals surface area (Å²) in [5, 5.41) is 9.55. The summed E-state index contributed by atoms with van der Waals surface area (Å²) in [5.74, 6) is -0.176. The van der Waals surface area contributed by atoms with Crippen molar-refractivity contribution in [2.75, 3.05) is 48.1 Å². The van der Waals surface area contributed by atoms with Gasteiger partial charge in [0.15, 0.2) is 0 Å². The van der Waals surface area contributed by atoms with Crippen molar-refractivity contribution in [2.45, 2.75) is 13.5 Å². The topological polar surface area (TPSA) is 129 Å². The SMILES string of the molecule is Cc1cc(N(C)C)c2cccc(OCc3c(Cl)ccc(N(C)C(=O)CNC(=O)Nc4cccc(NC(=O)c5ccncc5)c4)c3Cl)c2n1. The number of anilines is 4. The Morgan fingerprint density at radius 1 is 0.854 bits per heavy atom. The molecule has 0 aliphatic carbocycles. The Balaban J connectivity index is 1.21. The maximum atomic E-state index is 13.1. The van der Waals surface area contributed by atoms with Crippen LogP contribution < -0.4 is 30.5 Å². The molecule has 5 rings (SSSR count). The summed E-state index contributed by atoms with van der Waals surface area (Å²) in [6.07, 6.45) is 3.05. The number of hydrogen-bond acceptors (Lipinski definition) is 7. The number of likely N-dealkylation sites (N-methyl/N-ethyl adjacent to an activating group) is 1. The number of pyridine rings is 2. The maximum Gasteiger partial charge on any atom is 0.319 e. The second kappa shape index (κ2) is 15.0. The van der Waals surface area contributed by atoms with Crippen LogP contribution in [0.1, 0.15) is 21.6 Å². The van der Waals surface area contributed by atoms with Gasteiger partial charge < -0.3 is 30.5 Å². The molecule has 0 saturated heterocycles. The van der Waals surface area contributed by atoms with Gasteiger partial charge in [0.1, 0.15) is 17.9 Å². The number of para-hydroxylation sites is 1. The van der Waals surface area contributed by atoms with E-state index in [1.165, 1.54) is 17.3 Å². The molecule has 0 bridgehead atoms. The van der Waals surface area contributed by atoms with Crippen molar-refractivity contribution < 1.29 is 19.1 Å². The smallest absolute Gasteiger partial charge is 0.319 e. The second-order valence-corrected chi connectivity index (χ2v) is 11.8. The monoisotopic (exact) mass is 685 g/mol. The number of hydrogen-bond donors (Lipinski definition) is 3. The Hall–Kier alpha value is -5.39. The summed E-state index contributed by atoms with van der Waals surface area (Å²) in [6, 6.07) is 20.2. The minimum atomic E-state index is -0.609. The zero-order valence-electron chi connectivity index (χ0n) is 26.7. The van der Waals surface area contributed by atoms with Crippen LogP contribution >= 0.6 is 23.2 Å². The molecule has 5 aromatic rings. The van der Waals surface area contributed by atoms with Gasteiger partial charge in [-0.2, -0.15) is 0 Å². The van der Waals surface area contributed by atoms with Crippen LogP contribution in [0.15, 0.2) is 85.2 Å². The van der Waals surface area contributed by atoms with E-state index in [1.807, 2.05) is 50.2 Å². The molecule has 11 nitrogen and oxygen atoms in total. The minimum absolute atomic E-state index is 0.0301.